The van der Waals surface area contributed by atoms with Gasteiger partial charge in [-0.25, -0.2) is 0 Å². The summed E-state index contributed by atoms with van der Waals surface area (Å²) in [5.41, 5.74) is 3.85. The van der Waals surface area contributed by atoms with Crippen molar-refractivity contribution in [1.82, 2.24) is 0 Å². The van der Waals surface area contributed by atoms with E-state index in [1.807, 2.05) is 12.1 Å². The smallest absolute Gasteiger partial charge is 0.0254 e. The van der Waals surface area contributed by atoms with E-state index in [1.165, 1.54) is 16.7 Å². The number of rotatable bonds is 2. The highest BCUT2D eigenvalue weighted by molar-refractivity contribution is 9.10. The van der Waals surface area contributed by atoms with Crippen LogP contribution in [0.15, 0.2) is 46.9 Å². The Hall–Kier alpha value is -1.08. The molecule has 0 bridgehead atoms. The molecule has 1 heteroatoms. The van der Waals surface area contributed by atoms with Gasteiger partial charge >= 0.3 is 0 Å². The Kier molecular flexibility index (Phi) is 3.22. The van der Waals surface area contributed by atoms with E-state index in [2.05, 4.69) is 59.3 Å². The van der Waals surface area contributed by atoms with Gasteiger partial charge in [-0.05, 0) is 41.3 Å². The van der Waals surface area contributed by atoms with Crippen LogP contribution in [0.3, 0.4) is 0 Å². The van der Waals surface area contributed by atoms with Crippen molar-refractivity contribution in [3.63, 3.8) is 0 Å². The number of hydrogen-bond acceptors (Lipinski definition) is 0. The van der Waals surface area contributed by atoms with E-state index >= 15 is 0 Å². The van der Waals surface area contributed by atoms with E-state index in [9.17, 15) is 0 Å². The normalized spacial score (nSPS) is 10.3. The van der Waals surface area contributed by atoms with Crippen molar-refractivity contribution in [2.24, 2.45) is 0 Å². The Bertz CT molecular complexity index is 443. The largest absolute Gasteiger partial charge is 0.0614 e. The van der Waals surface area contributed by atoms with Crippen LogP contribution >= 0.6 is 15.9 Å². The standard InChI is InChI=1S/C14H12Br/c1-2-11-4-3-5-13(10-11)12-6-8-14(15)9-7-12/h3-8,10H,2H2,1H3. The van der Waals surface area contributed by atoms with Gasteiger partial charge in [0.05, 0.1) is 0 Å². The van der Waals surface area contributed by atoms with E-state index in [1.54, 1.807) is 0 Å². The maximum Gasteiger partial charge on any atom is 0.0254 e. The number of benzene rings is 2. The van der Waals surface area contributed by atoms with Crippen molar-refractivity contribution in [3.05, 3.63) is 58.6 Å². The van der Waals surface area contributed by atoms with E-state index in [-0.39, 0.29) is 0 Å². The minimum atomic E-state index is 0.998. The molecule has 0 aliphatic heterocycles. The first-order valence-corrected chi connectivity index (χ1v) is 5.85. The molecular weight excluding hydrogens is 248 g/mol. The predicted molar refractivity (Wildman–Crippen MR) is 67.8 cm³/mol. The molecule has 0 amide bonds. The van der Waals surface area contributed by atoms with Crippen LogP contribution in [0.4, 0.5) is 0 Å². The van der Waals surface area contributed by atoms with Crippen molar-refractivity contribution >= 4 is 15.9 Å². The molecule has 75 valence electrons. The van der Waals surface area contributed by atoms with Gasteiger partial charge in [0, 0.05) is 4.47 Å². The van der Waals surface area contributed by atoms with Crippen LogP contribution in [0.5, 0.6) is 0 Å². The molecule has 15 heavy (non-hydrogen) atoms. The summed E-state index contributed by atoms with van der Waals surface area (Å²) in [4.78, 5) is 0. The van der Waals surface area contributed by atoms with Gasteiger partial charge in [-0.1, -0.05) is 53.2 Å². The number of aryl methyl sites for hydroxylation is 1. The van der Waals surface area contributed by atoms with Gasteiger partial charge in [0.1, 0.15) is 0 Å². The highest BCUT2D eigenvalue weighted by Gasteiger charge is 1.98. The molecule has 0 saturated heterocycles. The Labute approximate surface area is 99.1 Å². The Morgan fingerprint density at radius 2 is 2.00 bits per heavy atom. The number of hydrogen-bond donors (Lipinski definition) is 0. The van der Waals surface area contributed by atoms with Crippen LogP contribution < -0.4 is 0 Å². The maximum atomic E-state index is 3.39. The summed E-state index contributed by atoms with van der Waals surface area (Å²) in [6, 6.07) is 17.9. The van der Waals surface area contributed by atoms with Crippen molar-refractivity contribution in [2.75, 3.05) is 0 Å². The first-order chi connectivity index (χ1) is 7.29. The van der Waals surface area contributed by atoms with Crippen LogP contribution in [0.25, 0.3) is 11.1 Å². The third kappa shape index (κ3) is 2.48. The Balaban J connectivity index is 2.40. The van der Waals surface area contributed by atoms with Crippen molar-refractivity contribution in [1.29, 1.82) is 0 Å². The van der Waals surface area contributed by atoms with Crippen molar-refractivity contribution in [3.8, 4) is 11.1 Å². The molecule has 0 aliphatic rings. The molecular formula is C14H12Br. The minimum Gasteiger partial charge on any atom is -0.0614 e. The highest BCUT2D eigenvalue weighted by atomic mass is 79.9. The molecule has 0 heterocycles. The summed E-state index contributed by atoms with van der Waals surface area (Å²) >= 11 is 3.39. The molecule has 0 saturated carbocycles. The zero-order valence-electron chi connectivity index (χ0n) is 8.63. The van der Waals surface area contributed by atoms with E-state index in [4.69, 9.17) is 0 Å². The SMILES string of the molecule is CCc1cccc(-c2c[c]c(Br)cc2)c1. The van der Waals surface area contributed by atoms with Gasteiger partial charge in [-0.2, -0.15) is 0 Å². The fraction of sp³-hybridized carbons (Fsp3) is 0.143. The average molecular weight is 260 g/mol. The molecule has 0 nitrogen and oxygen atoms in total. The molecule has 0 N–H and O–H groups in total. The van der Waals surface area contributed by atoms with Crippen molar-refractivity contribution < 1.29 is 0 Å². The molecule has 0 unspecified atom stereocenters. The average Bonchev–Trinajstić information content (AvgIpc) is 2.30. The molecule has 0 aromatic heterocycles. The third-order valence-corrected chi connectivity index (χ3v) is 2.94. The second-order valence-electron chi connectivity index (χ2n) is 3.48. The lowest BCUT2D eigenvalue weighted by atomic mass is 10.0. The fourth-order valence-electron chi connectivity index (χ4n) is 1.56. The summed E-state index contributed by atoms with van der Waals surface area (Å²) < 4.78 is 0.998. The second-order valence-corrected chi connectivity index (χ2v) is 4.33. The summed E-state index contributed by atoms with van der Waals surface area (Å²) in [7, 11) is 0. The van der Waals surface area contributed by atoms with Crippen molar-refractivity contribution in [2.45, 2.75) is 13.3 Å². The van der Waals surface area contributed by atoms with Crippen LogP contribution in [-0.4, -0.2) is 0 Å². The lowest BCUT2D eigenvalue weighted by molar-refractivity contribution is 1.14. The summed E-state index contributed by atoms with van der Waals surface area (Å²) in [6.45, 7) is 2.17. The molecule has 0 aliphatic carbocycles. The predicted octanol–water partition coefficient (Wildman–Crippen LogP) is 4.48. The third-order valence-electron chi connectivity index (χ3n) is 2.44. The minimum absolute atomic E-state index is 0.998. The first kappa shape index (κ1) is 10.4. The van der Waals surface area contributed by atoms with Gasteiger partial charge in [0.25, 0.3) is 0 Å². The zero-order chi connectivity index (χ0) is 10.7. The lowest BCUT2D eigenvalue weighted by Crippen LogP contribution is -1.82. The van der Waals surface area contributed by atoms with Crippen LogP contribution in [0.1, 0.15) is 12.5 Å². The van der Waals surface area contributed by atoms with Gasteiger partial charge < -0.3 is 0 Å². The molecule has 2 aromatic rings. The Morgan fingerprint density at radius 3 is 2.67 bits per heavy atom. The van der Waals surface area contributed by atoms with E-state index in [0.717, 1.165) is 10.9 Å². The molecule has 0 atom stereocenters. The Morgan fingerprint density at radius 1 is 1.13 bits per heavy atom. The fourth-order valence-corrected chi connectivity index (χ4v) is 1.80. The van der Waals surface area contributed by atoms with Crippen LogP contribution in [0, 0.1) is 6.07 Å². The maximum absolute atomic E-state index is 3.39. The molecule has 0 spiro atoms. The monoisotopic (exact) mass is 259 g/mol. The van der Waals surface area contributed by atoms with Gasteiger partial charge in [-0.3, -0.25) is 0 Å². The second kappa shape index (κ2) is 4.63. The summed E-state index contributed by atoms with van der Waals surface area (Å²) in [5, 5.41) is 0. The van der Waals surface area contributed by atoms with Crippen LogP contribution in [-0.2, 0) is 6.42 Å². The van der Waals surface area contributed by atoms with E-state index in [0.29, 0.717) is 0 Å². The molecule has 2 aromatic carbocycles. The summed E-state index contributed by atoms with van der Waals surface area (Å²) in [5.74, 6) is 0. The molecule has 1 radical (unpaired) electrons. The van der Waals surface area contributed by atoms with Gasteiger partial charge in [0.2, 0.25) is 0 Å². The topological polar surface area (TPSA) is 0 Å². The van der Waals surface area contributed by atoms with E-state index < -0.39 is 0 Å². The van der Waals surface area contributed by atoms with Gasteiger partial charge in [-0.15, -0.1) is 0 Å². The summed E-state index contributed by atoms with van der Waals surface area (Å²) in [6.07, 6.45) is 1.08. The highest BCUT2D eigenvalue weighted by Crippen LogP contribution is 2.22. The quantitative estimate of drug-likeness (QED) is 0.746. The molecule has 0 fully saturated rings. The number of halogens is 1. The lowest BCUT2D eigenvalue weighted by Gasteiger charge is -2.03. The zero-order valence-corrected chi connectivity index (χ0v) is 10.2. The first-order valence-electron chi connectivity index (χ1n) is 5.06. The van der Waals surface area contributed by atoms with Gasteiger partial charge in [0.15, 0.2) is 0 Å². The van der Waals surface area contributed by atoms with Crippen LogP contribution in [0.2, 0.25) is 0 Å². The molecule has 2 rings (SSSR count).